The van der Waals surface area contributed by atoms with Crippen molar-refractivity contribution in [2.75, 3.05) is 18.0 Å². The summed E-state index contributed by atoms with van der Waals surface area (Å²) in [7, 11) is 0. The molecule has 0 fully saturated rings. The Kier molecular flexibility index (Phi) is 4.67. The quantitative estimate of drug-likeness (QED) is 0.634. The Morgan fingerprint density at radius 3 is 2.17 bits per heavy atom. The SMILES string of the molecule is C[C@@H](O)c1ccccc1N(CC(N)=O)CC(N)=O. The second-order valence-electron chi connectivity index (χ2n) is 4.02. The maximum atomic E-state index is 11.0. The molecule has 5 N–H and O–H groups in total. The maximum absolute atomic E-state index is 11.0. The molecule has 1 rings (SSSR count). The van der Waals surface area contributed by atoms with Gasteiger partial charge >= 0.3 is 0 Å². The van der Waals surface area contributed by atoms with Gasteiger partial charge in [-0.15, -0.1) is 0 Å². The van der Waals surface area contributed by atoms with E-state index >= 15 is 0 Å². The van der Waals surface area contributed by atoms with E-state index in [0.29, 0.717) is 11.3 Å². The van der Waals surface area contributed by atoms with E-state index in [0.717, 1.165) is 0 Å². The number of aliphatic hydroxyl groups is 1. The first kappa shape index (κ1) is 14.0. The number of hydrogen-bond acceptors (Lipinski definition) is 4. The third-order valence-corrected chi connectivity index (χ3v) is 2.42. The van der Waals surface area contributed by atoms with Crippen LogP contribution in [0.5, 0.6) is 0 Å². The van der Waals surface area contributed by atoms with E-state index in [2.05, 4.69) is 0 Å². The Hall–Kier alpha value is -2.08. The van der Waals surface area contributed by atoms with Crippen LogP contribution in [0.25, 0.3) is 0 Å². The lowest BCUT2D eigenvalue weighted by atomic mass is 10.1. The molecule has 1 aromatic rings. The molecule has 0 heterocycles. The monoisotopic (exact) mass is 251 g/mol. The number of primary amides is 2. The molecule has 0 aliphatic rings. The van der Waals surface area contributed by atoms with Crippen LogP contribution in [0, 0.1) is 0 Å². The number of carbonyl (C=O) groups excluding carboxylic acids is 2. The zero-order valence-corrected chi connectivity index (χ0v) is 10.2. The molecule has 2 amide bonds. The van der Waals surface area contributed by atoms with Gasteiger partial charge in [0.2, 0.25) is 11.8 Å². The number of aliphatic hydroxyl groups excluding tert-OH is 1. The highest BCUT2D eigenvalue weighted by Gasteiger charge is 2.17. The predicted molar refractivity (Wildman–Crippen MR) is 67.7 cm³/mol. The lowest BCUT2D eigenvalue weighted by Gasteiger charge is -2.25. The zero-order chi connectivity index (χ0) is 13.7. The van der Waals surface area contributed by atoms with Crippen molar-refractivity contribution >= 4 is 17.5 Å². The van der Waals surface area contributed by atoms with Gasteiger partial charge in [0, 0.05) is 11.3 Å². The van der Waals surface area contributed by atoms with Gasteiger partial charge in [-0.05, 0) is 13.0 Å². The molecule has 0 aliphatic carbocycles. The van der Waals surface area contributed by atoms with Crippen LogP contribution in [-0.2, 0) is 9.59 Å². The van der Waals surface area contributed by atoms with Crippen molar-refractivity contribution in [3.63, 3.8) is 0 Å². The Morgan fingerprint density at radius 1 is 1.22 bits per heavy atom. The van der Waals surface area contributed by atoms with Gasteiger partial charge in [-0.3, -0.25) is 9.59 Å². The third kappa shape index (κ3) is 3.74. The first-order chi connectivity index (χ1) is 8.41. The number of amides is 2. The Morgan fingerprint density at radius 2 is 1.72 bits per heavy atom. The third-order valence-electron chi connectivity index (χ3n) is 2.42. The van der Waals surface area contributed by atoms with E-state index in [-0.39, 0.29) is 13.1 Å². The van der Waals surface area contributed by atoms with Gasteiger partial charge in [0.25, 0.3) is 0 Å². The summed E-state index contributed by atoms with van der Waals surface area (Å²) in [6.45, 7) is 1.34. The molecule has 0 aromatic heterocycles. The molecule has 98 valence electrons. The van der Waals surface area contributed by atoms with E-state index in [9.17, 15) is 14.7 Å². The van der Waals surface area contributed by atoms with Crippen LogP contribution in [0.3, 0.4) is 0 Å². The smallest absolute Gasteiger partial charge is 0.236 e. The van der Waals surface area contributed by atoms with Crippen LogP contribution in [0.15, 0.2) is 24.3 Å². The number of benzene rings is 1. The van der Waals surface area contributed by atoms with Gasteiger partial charge < -0.3 is 21.5 Å². The summed E-state index contributed by atoms with van der Waals surface area (Å²) in [5.41, 5.74) is 11.5. The second-order valence-corrected chi connectivity index (χ2v) is 4.02. The lowest BCUT2D eigenvalue weighted by Crippen LogP contribution is -2.40. The standard InChI is InChI=1S/C12H17N3O3/c1-8(16)9-4-2-3-5-10(9)15(6-11(13)17)7-12(14)18/h2-5,8,16H,6-7H2,1H3,(H2,13,17)(H2,14,18)/t8-/m1/s1. The van der Waals surface area contributed by atoms with Crippen LogP contribution in [-0.4, -0.2) is 30.0 Å². The minimum Gasteiger partial charge on any atom is -0.389 e. The minimum atomic E-state index is -0.718. The molecule has 0 bridgehead atoms. The van der Waals surface area contributed by atoms with Crippen LogP contribution in [0.1, 0.15) is 18.6 Å². The number of hydrogen-bond donors (Lipinski definition) is 3. The van der Waals surface area contributed by atoms with Gasteiger partial charge in [-0.1, -0.05) is 18.2 Å². The van der Waals surface area contributed by atoms with E-state index < -0.39 is 17.9 Å². The van der Waals surface area contributed by atoms with Crippen molar-refractivity contribution in [1.82, 2.24) is 0 Å². The number of carbonyl (C=O) groups is 2. The van der Waals surface area contributed by atoms with Gasteiger partial charge in [0.15, 0.2) is 0 Å². The number of para-hydroxylation sites is 1. The molecule has 6 heteroatoms. The number of anilines is 1. The average Bonchev–Trinajstić information content (AvgIpc) is 2.26. The van der Waals surface area contributed by atoms with Crippen LogP contribution in [0.4, 0.5) is 5.69 Å². The topological polar surface area (TPSA) is 110 Å². The second kappa shape index (κ2) is 6.02. The zero-order valence-electron chi connectivity index (χ0n) is 10.2. The first-order valence-corrected chi connectivity index (χ1v) is 5.50. The molecule has 0 radical (unpaired) electrons. The van der Waals surface area contributed by atoms with Crippen molar-refractivity contribution in [3.05, 3.63) is 29.8 Å². The average molecular weight is 251 g/mol. The van der Waals surface area contributed by atoms with Gasteiger partial charge in [-0.2, -0.15) is 0 Å². The summed E-state index contributed by atoms with van der Waals surface area (Å²) in [6, 6.07) is 6.93. The van der Waals surface area contributed by atoms with E-state index in [1.54, 1.807) is 31.2 Å². The summed E-state index contributed by atoms with van der Waals surface area (Å²) in [5, 5.41) is 9.66. The molecule has 1 atom stereocenters. The highest BCUT2D eigenvalue weighted by Crippen LogP contribution is 2.25. The van der Waals surface area contributed by atoms with Crippen LogP contribution in [0.2, 0.25) is 0 Å². The van der Waals surface area contributed by atoms with Crippen molar-refractivity contribution < 1.29 is 14.7 Å². The number of nitrogens with two attached hydrogens (primary N) is 2. The predicted octanol–water partition coefficient (Wildman–Crippen LogP) is -0.483. The fourth-order valence-corrected chi connectivity index (χ4v) is 1.73. The fraction of sp³-hybridized carbons (Fsp3) is 0.333. The summed E-state index contributed by atoms with van der Waals surface area (Å²) >= 11 is 0. The maximum Gasteiger partial charge on any atom is 0.236 e. The van der Waals surface area contributed by atoms with E-state index in [4.69, 9.17) is 11.5 Å². The number of rotatable bonds is 6. The van der Waals surface area contributed by atoms with E-state index in [1.165, 1.54) is 4.90 Å². The molecule has 6 nitrogen and oxygen atoms in total. The molecular weight excluding hydrogens is 234 g/mol. The molecule has 0 saturated heterocycles. The highest BCUT2D eigenvalue weighted by molar-refractivity contribution is 5.85. The fourth-order valence-electron chi connectivity index (χ4n) is 1.73. The highest BCUT2D eigenvalue weighted by atomic mass is 16.3. The molecule has 0 saturated carbocycles. The molecule has 18 heavy (non-hydrogen) atoms. The largest absolute Gasteiger partial charge is 0.389 e. The number of nitrogens with zero attached hydrogens (tertiary/aromatic N) is 1. The van der Waals surface area contributed by atoms with Gasteiger partial charge in [-0.25, -0.2) is 0 Å². The van der Waals surface area contributed by atoms with Crippen molar-refractivity contribution in [2.45, 2.75) is 13.0 Å². The Labute approximate surface area is 105 Å². The summed E-state index contributed by atoms with van der Waals surface area (Å²) in [4.78, 5) is 23.5. The van der Waals surface area contributed by atoms with Crippen LogP contribution >= 0.6 is 0 Å². The molecule has 0 aliphatic heterocycles. The van der Waals surface area contributed by atoms with Crippen molar-refractivity contribution in [2.24, 2.45) is 11.5 Å². The summed E-state index contributed by atoms with van der Waals surface area (Å²) < 4.78 is 0. The molecule has 1 aromatic carbocycles. The summed E-state index contributed by atoms with van der Waals surface area (Å²) in [5.74, 6) is -1.15. The Bertz CT molecular complexity index is 430. The first-order valence-electron chi connectivity index (χ1n) is 5.50. The Balaban J connectivity index is 3.11. The van der Waals surface area contributed by atoms with Gasteiger partial charge in [0.1, 0.15) is 0 Å². The molecule has 0 spiro atoms. The molecule has 0 unspecified atom stereocenters. The normalized spacial score (nSPS) is 11.9. The summed E-state index contributed by atoms with van der Waals surface area (Å²) in [6.07, 6.45) is -0.718. The molecular formula is C12H17N3O3. The van der Waals surface area contributed by atoms with E-state index in [1.807, 2.05) is 0 Å². The van der Waals surface area contributed by atoms with Crippen molar-refractivity contribution in [1.29, 1.82) is 0 Å². The van der Waals surface area contributed by atoms with Gasteiger partial charge in [0.05, 0.1) is 19.2 Å². The van der Waals surface area contributed by atoms with Crippen molar-refractivity contribution in [3.8, 4) is 0 Å². The van der Waals surface area contributed by atoms with Crippen LogP contribution < -0.4 is 16.4 Å². The lowest BCUT2D eigenvalue weighted by molar-refractivity contribution is -0.117. The minimum absolute atomic E-state index is 0.132.